The highest BCUT2D eigenvalue weighted by molar-refractivity contribution is 5.82. The van der Waals surface area contributed by atoms with Gasteiger partial charge in [-0.3, -0.25) is 5.10 Å². The zero-order valence-corrected chi connectivity index (χ0v) is 7.63. The quantitative estimate of drug-likeness (QED) is 0.629. The maximum absolute atomic E-state index is 8.30. The van der Waals surface area contributed by atoms with Crippen molar-refractivity contribution in [1.82, 2.24) is 10.2 Å². The van der Waals surface area contributed by atoms with E-state index in [1.165, 1.54) is 0 Å². The van der Waals surface area contributed by atoms with Crippen molar-refractivity contribution in [2.24, 2.45) is 0 Å². The molecule has 0 aliphatic heterocycles. The van der Waals surface area contributed by atoms with Gasteiger partial charge >= 0.3 is 0 Å². The number of nitrogens with one attached hydrogen (secondary N) is 1. The third-order valence-corrected chi connectivity index (χ3v) is 2.01. The van der Waals surface area contributed by atoms with Crippen LogP contribution in [0, 0.1) is 30.1 Å². The number of nitrogens with zero attached hydrogens (tertiary/aromatic N) is 2. The van der Waals surface area contributed by atoms with Gasteiger partial charge in [0.15, 0.2) is 6.07 Å². The molecular weight excluding hydrogens is 174 g/mol. The highest BCUT2D eigenvalue weighted by Gasteiger charge is 2.00. The fraction of sp³-hybridized carbons (Fsp3) is 0.0909. The van der Waals surface area contributed by atoms with Gasteiger partial charge in [0.05, 0.1) is 5.52 Å². The summed E-state index contributed by atoms with van der Waals surface area (Å²) >= 11 is 0. The number of fused-ring (bicyclic) bond motifs is 1. The van der Waals surface area contributed by atoms with Gasteiger partial charge in [-0.25, -0.2) is 0 Å². The highest BCUT2D eigenvalue weighted by atomic mass is 15.1. The Morgan fingerprint density at radius 2 is 2.29 bits per heavy atom. The largest absolute Gasteiger partial charge is 0.282 e. The molecule has 1 heterocycles. The lowest BCUT2D eigenvalue weighted by Gasteiger charge is -1.90. The molecule has 2 rings (SSSR count). The van der Waals surface area contributed by atoms with Crippen LogP contribution in [0.15, 0.2) is 18.2 Å². The molecule has 0 radical (unpaired) electrons. The molecule has 3 nitrogen and oxygen atoms in total. The van der Waals surface area contributed by atoms with Crippen molar-refractivity contribution < 1.29 is 0 Å². The van der Waals surface area contributed by atoms with E-state index < -0.39 is 0 Å². The van der Waals surface area contributed by atoms with E-state index in [-0.39, 0.29) is 0 Å². The van der Waals surface area contributed by atoms with Crippen LogP contribution in [0.25, 0.3) is 10.9 Å². The molecule has 0 fully saturated rings. The van der Waals surface area contributed by atoms with Crippen molar-refractivity contribution >= 4 is 10.9 Å². The third kappa shape index (κ3) is 1.32. The highest BCUT2D eigenvalue weighted by Crippen LogP contribution is 2.15. The Bertz CT molecular complexity index is 576. The molecular formula is C11H7N3. The zero-order chi connectivity index (χ0) is 9.97. The molecule has 0 aliphatic rings. The Kier molecular flexibility index (Phi) is 1.93. The van der Waals surface area contributed by atoms with Crippen LogP contribution in [0.2, 0.25) is 0 Å². The lowest BCUT2D eigenvalue weighted by atomic mass is 10.1. The molecule has 0 aliphatic carbocycles. The molecule has 0 atom stereocenters. The molecule has 1 aromatic carbocycles. The Morgan fingerprint density at radius 1 is 1.43 bits per heavy atom. The van der Waals surface area contributed by atoms with Crippen molar-refractivity contribution in [3.8, 4) is 17.9 Å². The fourth-order valence-electron chi connectivity index (χ4n) is 1.32. The number of benzene rings is 1. The number of hydrogen-bond donors (Lipinski definition) is 1. The van der Waals surface area contributed by atoms with E-state index in [1.54, 1.807) is 6.07 Å². The van der Waals surface area contributed by atoms with Crippen LogP contribution in [0.3, 0.4) is 0 Å². The van der Waals surface area contributed by atoms with Gasteiger partial charge in [-0.2, -0.15) is 10.4 Å². The van der Waals surface area contributed by atoms with Crippen LogP contribution in [0.1, 0.15) is 11.3 Å². The SMILES string of the molecule is Cc1[nH]nc2cc(C#CC#N)ccc12. The van der Waals surface area contributed by atoms with Gasteiger partial charge in [0, 0.05) is 22.6 Å². The second-order valence-electron chi connectivity index (χ2n) is 2.94. The molecule has 14 heavy (non-hydrogen) atoms. The van der Waals surface area contributed by atoms with Gasteiger partial charge in [0.2, 0.25) is 0 Å². The summed E-state index contributed by atoms with van der Waals surface area (Å²) in [5.74, 6) is 5.08. The van der Waals surface area contributed by atoms with Gasteiger partial charge in [-0.15, -0.1) is 0 Å². The van der Waals surface area contributed by atoms with Crippen LogP contribution >= 0.6 is 0 Å². The summed E-state index contributed by atoms with van der Waals surface area (Å²) < 4.78 is 0. The maximum atomic E-state index is 8.30. The predicted octanol–water partition coefficient (Wildman–Crippen LogP) is 1.75. The molecule has 1 N–H and O–H groups in total. The molecule has 0 saturated carbocycles. The summed E-state index contributed by atoms with van der Waals surface area (Å²) in [5.41, 5.74) is 2.73. The molecule has 3 heteroatoms. The monoisotopic (exact) mass is 181 g/mol. The first-order chi connectivity index (χ1) is 6.81. The summed E-state index contributed by atoms with van der Waals surface area (Å²) in [6.45, 7) is 1.97. The summed E-state index contributed by atoms with van der Waals surface area (Å²) in [4.78, 5) is 0. The topological polar surface area (TPSA) is 52.5 Å². The molecule has 0 unspecified atom stereocenters. The van der Waals surface area contributed by atoms with Gasteiger partial charge in [-0.05, 0) is 25.1 Å². The van der Waals surface area contributed by atoms with Crippen LogP contribution in [-0.2, 0) is 0 Å². The molecule has 0 spiro atoms. The average molecular weight is 181 g/mol. The van der Waals surface area contributed by atoms with E-state index in [0.717, 1.165) is 22.2 Å². The van der Waals surface area contributed by atoms with Crippen molar-refractivity contribution in [2.75, 3.05) is 0 Å². The van der Waals surface area contributed by atoms with Crippen LogP contribution in [-0.4, -0.2) is 10.2 Å². The summed E-state index contributed by atoms with van der Waals surface area (Å²) in [7, 11) is 0. The minimum absolute atomic E-state index is 0.811. The molecule has 1 aromatic heterocycles. The van der Waals surface area contributed by atoms with Crippen LogP contribution in [0.4, 0.5) is 0 Å². The molecule has 66 valence electrons. The van der Waals surface area contributed by atoms with Crippen LogP contribution < -0.4 is 0 Å². The summed E-state index contributed by atoms with van der Waals surface area (Å²) in [5, 5.41) is 16.4. The normalized spacial score (nSPS) is 9.14. The number of aromatic amines is 1. The van der Waals surface area contributed by atoms with E-state index >= 15 is 0 Å². The standard InChI is InChI=1S/C11H7N3/c1-8-10-5-4-9(3-2-6-12)7-11(10)14-13-8/h4-5,7H,1H3,(H,13,14). The fourth-order valence-corrected chi connectivity index (χ4v) is 1.32. The van der Waals surface area contributed by atoms with E-state index in [2.05, 4.69) is 22.0 Å². The Balaban J connectivity index is 2.59. The summed E-state index contributed by atoms with van der Waals surface area (Å²) in [6, 6.07) is 7.48. The number of aromatic nitrogens is 2. The number of H-pyrrole nitrogens is 1. The lowest BCUT2D eigenvalue weighted by molar-refractivity contribution is 1.07. The number of nitriles is 1. The smallest absolute Gasteiger partial charge is 0.152 e. The average Bonchev–Trinajstić information content (AvgIpc) is 2.57. The number of hydrogen-bond acceptors (Lipinski definition) is 2. The Labute approximate surface area is 81.4 Å². The maximum Gasteiger partial charge on any atom is 0.152 e. The molecule has 0 bridgehead atoms. The van der Waals surface area contributed by atoms with E-state index in [9.17, 15) is 0 Å². The number of rotatable bonds is 0. The van der Waals surface area contributed by atoms with E-state index in [0.29, 0.717) is 0 Å². The molecule has 0 amide bonds. The van der Waals surface area contributed by atoms with Gasteiger partial charge in [0.25, 0.3) is 0 Å². The molecule has 2 aromatic rings. The van der Waals surface area contributed by atoms with Crippen molar-refractivity contribution in [3.63, 3.8) is 0 Å². The van der Waals surface area contributed by atoms with Gasteiger partial charge in [0.1, 0.15) is 0 Å². The Morgan fingerprint density at radius 3 is 3.07 bits per heavy atom. The van der Waals surface area contributed by atoms with Crippen molar-refractivity contribution in [3.05, 3.63) is 29.5 Å². The second-order valence-corrected chi connectivity index (χ2v) is 2.94. The first-order valence-corrected chi connectivity index (χ1v) is 4.16. The second kappa shape index (κ2) is 3.24. The first kappa shape index (κ1) is 8.34. The first-order valence-electron chi connectivity index (χ1n) is 4.16. The Hall–Kier alpha value is -2.26. The summed E-state index contributed by atoms with van der Waals surface area (Å²) in [6.07, 6.45) is 0. The van der Waals surface area contributed by atoms with E-state index in [4.69, 9.17) is 5.26 Å². The van der Waals surface area contributed by atoms with Crippen LogP contribution in [0.5, 0.6) is 0 Å². The number of aryl methyl sites for hydroxylation is 1. The van der Waals surface area contributed by atoms with E-state index in [1.807, 2.05) is 25.1 Å². The third-order valence-electron chi connectivity index (χ3n) is 2.01. The van der Waals surface area contributed by atoms with Crippen molar-refractivity contribution in [2.45, 2.75) is 6.92 Å². The van der Waals surface area contributed by atoms with Crippen molar-refractivity contribution in [1.29, 1.82) is 5.26 Å². The minimum Gasteiger partial charge on any atom is -0.282 e. The minimum atomic E-state index is 0.811. The lowest BCUT2D eigenvalue weighted by Crippen LogP contribution is -1.74. The van der Waals surface area contributed by atoms with Gasteiger partial charge < -0.3 is 0 Å². The zero-order valence-electron chi connectivity index (χ0n) is 7.63. The molecule has 0 saturated heterocycles. The van der Waals surface area contributed by atoms with Gasteiger partial charge in [-0.1, -0.05) is 5.92 Å². The predicted molar refractivity (Wildman–Crippen MR) is 53.3 cm³/mol.